The van der Waals surface area contributed by atoms with Gasteiger partial charge >= 0.3 is 0 Å². The average molecular weight is 306 g/mol. The number of hydrogen-bond acceptors (Lipinski definition) is 3. The third-order valence-electron chi connectivity index (χ3n) is 3.90. The van der Waals surface area contributed by atoms with Gasteiger partial charge in [0.05, 0.1) is 6.54 Å². The lowest BCUT2D eigenvalue weighted by atomic mass is 10.0. The molecular formula is C19H18N2O2. The van der Waals surface area contributed by atoms with Crippen LogP contribution in [0.15, 0.2) is 59.1 Å². The van der Waals surface area contributed by atoms with Gasteiger partial charge in [0.2, 0.25) is 0 Å². The Labute approximate surface area is 135 Å². The van der Waals surface area contributed by atoms with Crippen molar-refractivity contribution in [2.75, 3.05) is 0 Å². The normalized spacial score (nSPS) is 10.5. The van der Waals surface area contributed by atoms with Crippen LogP contribution in [0.25, 0.3) is 11.3 Å². The maximum atomic E-state index is 12.3. The number of carbonyl (C=O) groups is 1. The second kappa shape index (κ2) is 6.48. The monoisotopic (exact) mass is 306 g/mol. The first-order valence-electron chi connectivity index (χ1n) is 7.50. The summed E-state index contributed by atoms with van der Waals surface area (Å²) in [4.78, 5) is 12.3. The van der Waals surface area contributed by atoms with Crippen LogP contribution in [-0.2, 0) is 6.54 Å². The Morgan fingerprint density at radius 3 is 2.65 bits per heavy atom. The fourth-order valence-electron chi connectivity index (χ4n) is 2.40. The third kappa shape index (κ3) is 3.31. The van der Waals surface area contributed by atoms with Gasteiger partial charge in [-0.3, -0.25) is 4.79 Å². The molecule has 0 bridgehead atoms. The fraction of sp³-hybridized carbons (Fsp3) is 0.158. The van der Waals surface area contributed by atoms with Gasteiger partial charge in [0.25, 0.3) is 5.91 Å². The standard InChI is InChI=1S/C19H18N2O2/c1-13-7-6-10-17(14(13)2)19(22)20-12-16-11-18(23-21-16)15-8-4-3-5-9-15/h3-11H,12H2,1-2H3,(H,20,22). The van der Waals surface area contributed by atoms with E-state index < -0.39 is 0 Å². The molecule has 1 heterocycles. The Morgan fingerprint density at radius 1 is 1.09 bits per heavy atom. The Hall–Kier alpha value is -2.88. The lowest BCUT2D eigenvalue weighted by Crippen LogP contribution is -2.23. The molecule has 0 atom stereocenters. The molecule has 4 nitrogen and oxygen atoms in total. The molecule has 0 aliphatic rings. The molecule has 0 saturated heterocycles. The van der Waals surface area contributed by atoms with Gasteiger partial charge in [0.1, 0.15) is 5.69 Å². The molecule has 1 N–H and O–H groups in total. The number of rotatable bonds is 4. The molecule has 0 aliphatic carbocycles. The van der Waals surface area contributed by atoms with E-state index in [0.717, 1.165) is 16.7 Å². The predicted molar refractivity (Wildman–Crippen MR) is 89.0 cm³/mol. The first-order chi connectivity index (χ1) is 11.1. The fourth-order valence-corrected chi connectivity index (χ4v) is 2.40. The average Bonchev–Trinajstić information content (AvgIpc) is 3.05. The summed E-state index contributed by atoms with van der Waals surface area (Å²) in [6.45, 7) is 4.28. The van der Waals surface area contributed by atoms with E-state index in [4.69, 9.17) is 4.52 Å². The van der Waals surface area contributed by atoms with Crippen LogP contribution in [0.1, 0.15) is 27.2 Å². The van der Waals surface area contributed by atoms with Gasteiger partial charge in [-0.25, -0.2) is 0 Å². The van der Waals surface area contributed by atoms with E-state index in [2.05, 4.69) is 10.5 Å². The van der Waals surface area contributed by atoms with Crippen molar-refractivity contribution in [2.24, 2.45) is 0 Å². The molecule has 0 radical (unpaired) electrons. The Bertz CT molecular complexity index is 822. The maximum Gasteiger partial charge on any atom is 0.251 e. The molecule has 1 aromatic heterocycles. The molecule has 4 heteroatoms. The van der Waals surface area contributed by atoms with Gasteiger partial charge in [-0.2, -0.15) is 0 Å². The largest absolute Gasteiger partial charge is 0.356 e. The minimum absolute atomic E-state index is 0.101. The Morgan fingerprint density at radius 2 is 1.87 bits per heavy atom. The van der Waals surface area contributed by atoms with Crippen molar-refractivity contribution in [3.63, 3.8) is 0 Å². The highest BCUT2D eigenvalue weighted by molar-refractivity contribution is 5.95. The first kappa shape index (κ1) is 15.0. The molecule has 0 unspecified atom stereocenters. The summed E-state index contributed by atoms with van der Waals surface area (Å²) < 4.78 is 5.33. The number of aryl methyl sites for hydroxylation is 1. The van der Waals surface area contributed by atoms with E-state index in [0.29, 0.717) is 23.6 Å². The van der Waals surface area contributed by atoms with Crippen molar-refractivity contribution in [2.45, 2.75) is 20.4 Å². The van der Waals surface area contributed by atoms with E-state index in [1.165, 1.54) is 0 Å². The highest BCUT2D eigenvalue weighted by Crippen LogP contribution is 2.19. The van der Waals surface area contributed by atoms with Gasteiger partial charge in [-0.1, -0.05) is 47.6 Å². The molecule has 3 rings (SSSR count). The SMILES string of the molecule is Cc1cccc(C(=O)NCc2cc(-c3ccccc3)on2)c1C. The minimum atomic E-state index is -0.101. The summed E-state index contributed by atoms with van der Waals surface area (Å²) in [6, 6.07) is 17.3. The van der Waals surface area contributed by atoms with Crippen LogP contribution in [0, 0.1) is 13.8 Å². The molecule has 0 aliphatic heterocycles. The smallest absolute Gasteiger partial charge is 0.251 e. The number of amides is 1. The molecule has 0 saturated carbocycles. The molecule has 0 fully saturated rings. The quantitative estimate of drug-likeness (QED) is 0.795. The summed E-state index contributed by atoms with van der Waals surface area (Å²) in [5, 5.41) is 6.90. The maximum absolute atomic E-state index is 12.3. The minimum Gasteiger partial charge on any atom is -0.356 e. The van der Waals surface area contributed by atoms with Crippen LogP contribution in [0.3, 0.4) is 0 Å². The van der Waals surface area contributed by atoms with E-state index >= 15 is 0 Å². The van der Waals surface area contributed by atoms with Crippen molar-refractivity contribution in [3.05, 3.63) is 77.0 Å². The van der Waals surface area contributed by atoms with Crippen LogP contribution in [0.2, 0.25) is 0 Å². The summed E-state index contributed by atoms with van der Waals surface area (Å²) in [5.41, 5.74) is 4.45. The van der Waals surface area contributed by atoms with E-state index in [1.807, 2.05) is 68.4 Å². The number of hydrogen-bond donors (Lipinski definition) is 1. The zero-order chi connectivity index (χ0) is 16.2. The van der Waals surface area contributed by atoms with Crippen LogP contribution in [0.5, 0.6) is 0 Å². The molecule has 23 heavy (non-hydrogen) atoms. The van der Waals surface area contributed by atoms with Crippen molar-refractivity contribution >= 4 is 5.91 Å². The van der Waals surface area contributed by atoms with Gasteiger partial charge in [0.15, 0.2) is 5.76 Å². The molecular weight excluding hydrogens is 288 g/mol. The second-order valence-electron chi connectivity index (χ2n) is 5.48. The van der Waals surface area contributed by atoms with Crippen LogP contribution in [0.4, 0.5) is 0 Å². The van der Waals surface area contributed by atoms with Gasteiger partial charge < -0.3 is 9.84 Å². The molecule has 0 spiro atoms. The number of benzene rings is 2. The number of aromatic nitrogens is 1. The molecule has 2 aromatic carbocycles. The zero-order valence-electron chi connectivity index (χ0n) is 13.2. The molecule has 1 amide bonds. The number of nitrogens with zero attached hydrogens (tertiary/aromatic N) is 1. The Kier molecular flexibility index (Phi) is 4.24. The van der Waals surface area contributed by atoms with Crippen LogP contribution >= 0.6 is 0 Å². The molecule has 116 valence electrons. The van der Waals surface area contributed by atoms with Crippen molar-refractivity contribution in [1.82, 2.24) is 10.5 Å². The summed E-state index contributed by atoms with van der Waals surface area (Å²) in [7, 11) is 0. The zero-order valence-corrected chi connectivity index (χ0v) is 13.2. The van der Waals surface area contributed by atoms with Crippen LogP contribution in [-0.4, -0.2) is 11.1 Å². The lowest BCUT2D eigenvalue weighted by Gasteiger charge is -2.08. The number of nitrogens with one attached hydrogen (secondary N) is 1. The summed E-state index contributed by atoms with van der Waals surface area (Å²) >= 11 is 0. The van der Waals surface area contributed by atoms with E-state index in [9.17, 15) is 4.79 Å². The van der Waals surface area contributed by atoms with Crippen molar-refractivity contribution in [1.29, 1.82) is 0 Å². The topological polar surface area (TPSA) is 55.1 Å². The van der Waals surface area contributed by atoms with Gasteiger partial charge in [-0.15, -0.1) is 0 Å². The van der Waals surface area contributed by atoms with Gasteiger partial charge in [-0.05, 0) is 31.0 Å². The van der Waals surface area contributed by atoms with Crippen molar-refractivity contribution < 1.29 is 9.32 Å². The summed E-state index contributed by atoms with van der Waals surface area (Å²) in [5.74, 6) is 0.594. The number of carbonyl (C=O) groups excluding carboxylic acids is 1. The third-order valence-corrected chi connectivity index (χ3v) is 3.90. The summed E-state index contributed by atoms with van der Waals surface area (Å²) in [6.07, 6.45) is 0. The Balaban J connectivity index is 1.68. The highest BCUT2D eigenvalue weighted by atomic mass is 16.5. The van der Waals surface area contributed by atoms with E-state index in [-0.39, 0.29) is 5.91 Å². The van der Waals surface area contributed by atoms with E-state index in [1.54, 1.807) is 0 Å². The highest BCUT2D eigenvalue weighted by Gasteiger charge is 2.11. The first-order valence-corrected chi connectivity index (χ1v) is 7.50. The second-order valence-corrected chi connectivity index (χ2v) is 5.48. The van der Waals surface area contributed by atoms with Crippen molar-refractivity contribution in [3.8, 4) is 11.3 Å². The molecule has 3 aromatic rings. The van der Waals surface area contributed by atoms with Gasteiger partial charge in [0, 0.05) is 17.2 Å². The predicted octanol–water partition coefficient (Wildman–Crippen LogP) is 3.89. The lowest BCUT2D eigenvalue weighted by molar-refractivity contribution is 0.0949. The van der Waals surface area contributed by atoms with Crippen LogP contribution < -0.4 is 5.32 Å².